The molecule has 1 aromatic heterocycles. The second kappa shape index (κ2) is 5.53. The first-order valence-electron chi connectivity index (χ1n) is 7.41. The highest BCUT2D eigenvalue weighted by molar-refractivity contribution is 5.89. The van der Waals surface area contributed by atoms with Crippen molar-refractivity contribution >= 4 is 16.9 Å². The van der Waals surface area contributed by atoms with E-state index in [-0.39, 0.29) is 11.9 Å². The van der Waals surface area contributed by atoms with Crippen LogP contribution in [0.2, 0.25) is 0 Å². The molecule has 0 spiro atoms. The number of amides is 1. The maximum absolute atomic E-state index is 12.5. The number of fused-ring (bicyclic) bond motifs is 1. The van der Waals surface area contributed by atoms with Gasteiger partial charge in [0.25, 0.3) is 0 Å². The van der Waals surface area contributed by atoms with Gasteiger partial charge in [-0.25, -0.2) is 0 Å². The molecule has 3 rings (SSSR count). The molecule has 2 aromatic rings. The third-order valence-corrected chi connectivity index (χ3v) is 4.37. The van der Waals surface area contributed by atoms with Crippen molar-refractivity contribution in [3.8, 4) is 0 Å². The summed E-state index contributed by atoms with van der Waals surface area (Å²) >= 11 is 0. The maximum atomic E-state index is 12.5. The molecule has 1 atom stereocenters. The number of nitrogens with zero attached hydrogens (tertiary/aromatic N) is 1. The van der Waals surface area contributed by atoms with Crippen molar-refractivity contribution in [3.05, 3.63) is 35.1 Å². The number of aryl methyl sites for hydroxylation is 2. The van der Waals surface area contributed by atoms with Crippen molar-refractivity contribution in [2.45, 2.75) is 33.2 Å². The van der Waals surface area contributed by atoms with E-state index in [1.54, 1.807) is 6.26 Å². The smallest absolute Gasteiger partial charge is 0.227 e. The van der Waals surface area contributed by atoms with Crippen molar-refractivity contribution in [2.75, 3.05) is 19.8 Å². The summed E-state index contributed by atoms with van der Waals surface area (Å²) < 4.78 is 11.1. The molecule has 0 N–H and O–H groups in total. The van der Waals surface area contributed by atoms with E-state index < -0.39 is 0 Å². The molecule has 112 valence electrons. The molecule has 1 aliphatic heterocycles. The fourth-order valence-corrected chi connectivity index (χ4v) is 2.89. The summed E-state index contributed by atoms with van der Waals surface area (Å²) in [5.41, 5.74) is 4.21. The molecule has 1 aliphatic rings. The van der Waals surface area contributed by atoms with E-state index in [1.807, 2.05) is 17.9 Å². The Morgan fingerprint density at radius 2 is 2.19 bits per heavy atom. The molecule has 2 heterocycles. The molecule has 4 nitrogen and oxygen atoms in total. The van der Waals surface area contributed by atoms with E-state index in [0.717, 1.165) is 22.1 Å². The fourth-order valence-electron chi connectivity index (χ4n) is 2.89. The van der Waals surface area contributed by atoms with Gasteiger partial charge in [0.1, 0.15) is 5.58 Å². The van der Waals surface area contributed by atoms with Gasteiger partial charge in [-0.3, -0.25) is 4.79 Å². The Hall–Kier alpha value is -1.81. The lowest BCUT2D eigenvalue weighted by molar-refractivity contribution is -0.138. The number of carbonyl (C=O) groups excluding carboxylic acids is 1. The standard InChI is InChI=1S/C17H21NO3/c1-11-4-5-15-14(10-21-17(15)13(11)3)8-16(19)18-6-7-20-9-12(18)2/h4-5,10,12H,6-9H2,1-3H3/t12-/m1/s1. The molecule has 4 heteroatoms. The van der Waals surface area contributed by atoms with E-state index in [2.05, 4.69) is 19.9 Å². The van der Waals surface area contributed by atoms with Crippen LogP contribution in [-0.2, 0) is 16.0 Å². The Kier molecular flexibility index (Phi) is 3.72. The zero-order valence-corrected chi connectivity index (χ0v) is 12.8. The van der Waals surface area contributed by atoms with Crippen LogP contribution in [-0.4, -0.2) is 36.6 Å². The van der Waals surface area contributed by atoms with Gasteiger partial charge < -0.3 is 14.1 Å². The first kappa shape index (κ1) is 14.1. The number of hydrogen-bond donors (Lipinski definition) is 0. The number of benzene rings is 1. The van der Waals surface area contributed by atoms with Gasteiger partial charge in [-0.15, -0.1) is 0 Å². The minimum atomic E-state index is 0.145. The fraction of sp³-hybridized carbons (Fsp3) is 0.471. The third kappa shape index (κ3) is 2.56. The average Bonchev–Trinajstić information content (AvgIpc) is 2.87. The number of ether oxygens (including phenoxy) is 1. The number of furan rings is 1. The van der Waals surface area contributed by atoms with Gasteiger partial charge in [0, 0.05) is 17.5 Å². The monoisotopic (exact) mass is 287 g/mol. The van der Waals surface area contributed by atoms with Gasteiger partial charge in [-0.2, -0.15) is 0 Å². The normalized spacial score (nSPS) is 19.2. The molecule has 1 fully saturated rings. The van der Waals surface area contributed by atoms with Crippen molar-refractivity contribution in [1.29, 1.82) is 0 Å². The van der Waals surface area contributed by atoms with Gasteiger partial charge >= 0.3 is 0 Å². The first-order valence-corrected chi connectivity index (χ1v) is 7.41. The predicted octanol–water partition coefficient (Wildman–Crippen LogP) is 2.84. The maximum Gasteiger partial charge on any atom is 0.227 e. The van der Waals surface area contributed by atoms with Gasteiger partial charge in [-0.1, -0.05) is 12.1 Å². The lowest BCUT2D eigenvalue weighted by Gasteiger charge is -2.33. The third-order valence-electron chi connectivity index (χ3n) is 4.37. The van der Waals surface area contributed by atoms with E-state index in [9.17, 15) is 4.79 Å². The van der Waals surface area contributed by atoms with Gasteiger partial charge in [-0.05, 0) is 31.9 Å². The molecular formula is C17H21NO3. The van der Waals surface area contributed by atoms with E-state index in [0.29, 0.717) is 26.2 Å². The summed E-state index contributed by atoms with van der Waals surface area (Å²) in [7, 11) is 0. The molecule has 0 saturated carbocycles. The van der Waals surface area contributed by atoms with Crippen molar-refractivity contribution < 1.29 is 13.9 Å². The SMILES string of the molecule is Cc1ccc2c(CC(=O)N3CCOC[C@H]3C)coc2c1C. The van der Waals surface area contributed by atoms with Crippen molar-refractivity contribution in [1.82, 2.24) is 4.90 Å². The summed E-state index contributed by atoms with van der Waals surface area (Å²) in [4.78, 5) is 14.4. The van der Waals surface area contributed by atoms with Crippen LogP contribution in [0.5, 0.6) is 0 Å². The van der Waals surface area contributed by atoms with Gasteiger partial charge in [0.2, 0.25) is 5.91 Å². The quantitative estimate of drug-likeness (QED) is 0.853. The lowest BCUT2D eigenvalue weighted by Crippen LogP contribution is -2.47. The highest BCUT2D eigenvalue weighted by Crippen LogP contribution is 2.27. The Morgan fingerprint density at radius 1 is 1.38 bits per heavy atom. The Labute approximate surface area is 124 Å². The molecule has 1 amide bonds. The molecule has 0 radical (unpaired) electrons. The topological polar surface area (TPSA) is 42.7 Å². The van der Waals surface area contributed by atoms with Crippen LogP contribution < -0.4 is 0 Å². The summed E-state index contributed by atoms with van der Waals surface area (Å²) in [6, 6.07) is 4.28. The molecule has 0 aliphatic carbocycles. The molecule has 1 saturated heterocycles. The van der Waals surface area contributed by atoms with Crippen LogP contribution in [0.3, 0.4) is 0 Å². The summed E-state index contributed by atoms with van der Waals surface area (Å²) in [6.07, 6.45) is 2.11. The van der Waals surface area contributed by atoms with Crippen LogP contribution in [0.25, 0.3) is 11.0 Å². The predicted molar refractivity (Wildman–Crippen MR) is 81.4 cm³/mol. The van der Waals surface area contributed by atoms with Crippen LogP contribution in [0.15, 0.2) is 22.8 Å². The highest BCUT2D eigenvalue weighted by atomic mass is 16.5. The molecule has 1 aromatic carbocycles. The van der Waals surface area contributed by atoms with E-state index >= 15 is 0 Å². The Balaban J connectivity index is 1.85. The van der Waals surface area contributed by atoms with Gasteiger partial charge in [0.15, 0.2) is 0 Å². The highest BCUT2D eigenvalue weighted by Gasteiger charge is 2.24. The van der Waals surface area contributed by atoms with Gasteiger partial charge in [0.05, 0.1) is 31.9 Å². The molecule has 21 heavy (non-hydrogen) atoms. The van der Waals surface area contributed by atoms with Crippen LogP contribution in [0.1, 0.15) is 23.6 Å². The Morgan fingerprint density at radius 3 is 2.95 bits per heavy atom. The summed E-state index contributed by atoms with van der Waals surface area (Å²) in [6.45, 7) is 8.07. The largest absolute Gasteiger partial charge is 0.464 e. The zero-order valence-electron chi connectivity index (χ0n) is 12.8. The average molecular weight is 287 g/mol. The second-order valence-corrected chi connectivity index (χ2v) is 5.83. The molecule has 0 unspecified atom stereocenters. The van der Waals surface area contributed by atoms with Crippen LogP contribution in [0.4, 0.5) is 0 Å². The number of rotatable bonds is 2. The van der Waals surface area contributed by atoms with Crippen molar-refractivity contribution in [2.24, 2.45) is 0 Å². The Bertz CT molecular complexity index is 674. The second-order valence-electron chi connectivity index (χ2n) is 5.83. The minimum Gasteiger partial charge on any atom is -0.464 e. The van der Waals surface area contributed by atoms with E-state index in [4.69, 9.17) is 9.15 Å². The van der Waals surface area contributed by atoms with Crippen LogP contribution in [0, 0.1) is 13.8 Å². The number of hydrogen-bond acceptors (Lipinski definition) is 3. The molecular weight excluding hydrogens is 266 g/mol. The van der Waals surface area contributed by atoms with E-state index in [1.165, 1.54) is 5.56 Å². The number of carbonyl (C=O) groups is 1. The number of morpholine rings is 1. The minimum absolute atomic E-state index is 0.145. The summed E-state index contributed by atoms with van der Waals surface area (Å²) in [5.74, 6) is 0.145. The summed E-state index contributed by atoms with van der Waals surface area (Å²) in [5, 5.41) is 1.05. The van der Waals surface area contributed by atoms with Crippen molar-refractivity contribution in [3.63, 3.8) is 0 Å². The zero-order chi connectivity index (χ0) is 15.0. The van der Waals surface area contributed by atoms with Crippen LogP contribution >= 0.6 is 0 Å². The first-order chi connectivity index (χ1) is 10.1. The lowest BCUT2D eigenvalue weighted by atomic mass is 10.0. The molecule has 0 bridgehead atoms.